The van der Waals surface area contributed by atoms with E-state index in [1.807, 2.05) is 0 Å². The average molecular weight is 352 g/mol. The third kappa shape index (κ3) is 5.43. The van der Waals surface area contributed by atoms with Crippen LogP contribution in [-0.2, 0) is 10.0 Å². The minimum atomic E-state index is -3.60. The van der Waals surface area contributed by atoms with Gasteiger partial charge in [0.05, 0.1) is 11.9 Å². The van der Waals surface area contributed by atoms with E-state index < -0.39 is 15.8 Å². The third-order valence-corrected chi connectivity index (χ3v) is 3.75. The van der Waals surface area contributed by atoms with Gasteiger partial charge in [-0.25, -0.2) is 12.8 Å². The summed E-state index contributed by atoms with van der Waals surface area (Å²) >= 11 is 0. The first kappa shape index (κ1) is 18.7. The second-order valence-corrected chi connectivity index (χ2v) is 6.83. The van der Waals surface area contributed by atoms with Crippen LogP contribution in [0.15, 0.2) is 18.2 Å². The van der Waals surface area contributed by atoms with Gasteiger partial charge in [-0.15, -0.1) is 12.4 Å². The molecule has 1 aliphatic rings. The van der Waals surface area contributed by atoms with E-state index >= 15 is 0 Å². The first-order valence-electron chi connectivity index (χ1n) is 6.64. The Morgan fingerprint density at radius 1 is 1.41 bits per heavy atom. The number of nitrogens with one attached hydrogen (secondary N) is 3. The van der Waals surface area contributed by atoms with Gasteiger partial charge in [-0.3, -0.25) is 9.52 Å². The van der Waals surface area contributed by atoms with Crippen LogP contribution in [0, 0.1) is 5.82 Å². The van der Waals surface area contributed by atoms with Gasteiger partial charge in [0.2, 0.25) is 10.0 Å². The Kier molecular flexibility index (Phi) is 6.58. The van der Waals surface area contributed by atoms with Crippen molar-refractivity contribution in [1.29, 1.82) is 0 Å². The fourth-order valence-corrected chi connectivity index (χ4v) is 2.74. The number of rotatable bonds is 4. The summed E-state index contributed by atoms with van der Waals surface area (Å²) in [6, 6.07) is 3.63. The van der Waals surface area contributed by atoms with Crippen LogP contribution in [0.25, 0.3) is 0 Å². The SMILES string of the molecule is CS(=O)(=O)Nc1cc(C(=O)N[C@H]2CCCNC2)ccc1F.Cl. The number of hydrogen-bond donors (Lipinski definition) is 3. The number of halogens is 2. The number of piperidine rings is 1. The summed E-state index contributed by atoms with van der Waals surface area (Å²) < 4.78 is 37.9. The molecule has 0 aliphatic carbocycles. The molecule has 1 atom stereocenters. The maximum Gasteiger partial charge on any atom is 0.251 e. The largest absolute Gasteiger partial charge is 0.348 e. The van der Waals surface area contributed by atoms with Gasteiger partial charge in [0.25, 0.3) is 5.91 Å². The van der Waals surface area contributed by atoms with Crippen LogP contribution < -0.4 is 15.4 Å². The molecule has 22 heavy (non-hydrogen) atoms. The quantitative estimate of drug-likeness (QED) is 0.758. The fraction of sp³-hybridized carbons (Fsp3) is 0.462. The summed E-state index contributed by atoms with van der Waals surface area (Å²) in [6.45, 7) is 1.63. The van der Waals surface area contributed by atoms with Crippen molar-refractivity contribution in [3.05, 3.63) is 29.6 Å². The summed E-state index contributed by atoms with van der Waals surface area (Å²) in [4.78, 5) is 12.1. The zero-order valence-electron chi connectivity index (χ0n) is 12.1. The predicted molar refractivity (Wildman–Crippen MR) is 85.5 cm³/mol. The topological polar surface area (TPSA) is 87.3 Å². The number of carbonyl (C=O) groups is 1. The maximum atomic E-state index is 13.6. The third-order valence-electron chi connectivity index (χ3n) is 3.16. The van der Waals surface area contributed by atoms with Crippen molar-refractivity contribution in [2.75, 3.05) is 24.1 Å². The number of hydrogen-bond acceptors (Lipinski definition) is 4. The highest BCUT2D eigenvalue weighted by molar-refractivity contribution is 7.92. The van der Waals surface area contributed by atoms with Crippen LogP contribution in [0.5, 0.6) is 0 Å². The van der Waals surface area contributed by atoms with Crippen LogP contribution >= 0.6 is 12.4 Å². The molecule has 1 saturated heterocycles. The molecule has 1 amide bonds. The molecule has 1 aromatic carbocycles. The Labute approximate surface area is 135 Å². The molecule has 0 spiro atoms. The average Bonchev–Trinajstić information content (AvgIpc) is 2.41. The van der Waals surface area contributed by atoms with E-state index in [0.717, 1.165) is 31.7 Å². The molecular weight excluding hydrogens is 333 g/mol. The van der Waals surface area contributed by atoms with E-state index in [4.69, 9.17) is 0 Å². The van der Waals surface area contributed by atoms with Crippen molar-refractivity contribution in [3.63, 3.8) is 0 Å². The van der Waals surface area contributed by atoms with Crippen LogP contribution in [0.2, 0.25) is 0 Å². The molecule has 0 aromatic heterocycles. The smallest absolute Gasteiger partial charge is 0.251 e. The zero-order chi connectivity index (χ0) is 15.5. The lowest BCUT2D eigenvalue weighted by atomic mass is 10.1. The highest BCUT2D eigenvalue weighted by atomic mass is 35.5. The van der Waals surface area contributed by atoms with E-state index in [1.165, 1.54) is 12.1 Å². The molecule has 3 N–H and O–H groups in total. The standard InChI is InChI=1S/C13H18FN3O3S.ClH/c1-21(19,20)17-12-7-9(4-5-11(12)14)13(18)16-10-3-2-6-15-8-10;/h4-5,7,10,15,17H,2-3,6,8H2,1H3,(H,16,18);1H/t10-;/m0./s1. The summed E-state index contributed by atoms with van der Waals surface area (Å²) in [6.07, 6.45) is 2.79. The Morgan fingerprint density at radius 2 is 2.14 bits per heavy atom. The molecule has 1 fully saturated rings. The van der Waals surface area contributed by atoms with E-state index in [-0.39, 0.29) is 35.6 Å². The first-order valence-corrected chi connectivity index (χ1v) is 8.53. The molecule has 1 aliphatic heterocycles. The van der Waals surface area contributed by atoms with Gasteiger partial charge in [-0.05, 0) is 37.6 Å². The molecule has 2 rings (SSSR count). The molecule has 0 radical (unpaired) electrons. The zero-order valence-corrected chi connectivity index (χ0v) is 13.7. The number of anilines is 1. The number of benzene rings is 1. The highest BCUT2D eigenvalue weighted by Crippen LogP contribution is 2.17. The first-order chi connectivity index (χ1) is 9.85. The molecule has 0 bridgehead atoms. The van der Waals surface area contributed by atoms with Crippen molar-refractivity contribution < 1.29 is 17.6 Å². The van der Waals surface area contributed by atoms with Gasteiger partial charge in [-0.2, -0.15) is 0 Å². The Morgan fingerprint density at radius 3 is 2.73 bits per heavy atom. The van der Waals surface area contributed by atoms with Crippen molar-refractivity contribution in [2.45, 2.75) is 18.9 Å². The van der Waals surface area contributed by atoms with Crippen molar-refractivity contribution in [2.24, 2.45) is 0 Å². The number of amides is 1. The Bertz CT molecular complexity index is 633. The van der Waals surface area contributed by atoms with E-state index in [1.54, 1.807) is 0 Å². The summed E-state index contributed by atoms with van der Waals surface area (Å²) in [7, 11) is -3.60. The summed E-state index contributed by atoms with van der Waals surface area (Å²) in [5.74, 6) is -1.07. The van der Waals surface area contributed by atoms with Gasteiger partial charge in [0, 0.05) is 18.2 Å². The molecule has 6 nitrogen and oxygen atoms in total. The number of sulfonamides is 1. The predicted octanol–water partition coefficient (Wildman–Crippen LogP) is 1.10. The molecule has 0 unspecified atom stereocenters. The molecule has 0 saturated carbocycles. The van der Waals surface area contributed by atoms with Crippen molar-refractivity contribution >= 4 is 34.0 Å². The Hall–Kier alpha value is -1.38. The van der Waals surface area contributed by atoms with Crippen LogP contribution in [-0.4, -0.2) is 39.7 Å². The lowest BCUT2D eigenvalue weighted by Gasteiger charge is -2.23. The molecule has 1 heterocycles. The molecule has 1 aromatic rings. The number of carbonyl (C=O) groups excluding carboxylic acids is 1. The summed E-state index contributed by atoms with van der Waals surface area (Å²) in [5, 5.41) is 6.02. The van der Waals surface area contributed by atoms with Crippen LogP contribution in [0.4, 0.5) is 10.1 Å². The van der Waals surface area contributed by atoms with E-state index in [0.29, 0.717) is 6.54 Å². The second-order valence-electron chi connectivity index (χ2n) is 5.09. The normalized spacial score (nSPS) is 18.2. The van der Waals surface area contributed by atoms with E-state index in [9.17, 15) is 17.6 Å². The minimum absolute atomic E-state index is 0. The molecule has 9 heteroatoms. The van der Waals surface area contributed by atoms with Crippen molar-refractivity contribution in [3.8, 4) is 0 Å². The summed E-state index contributed by atoms with van der Waals surface area (Å²) in [5.41, 5.74) is -0.0138. The highest BCUT2D eigenvalue weighted by Gasteiger charge is 2.17. The van der Waals surface area contributed by atoms with Crippen LogP contribution in [0.3, 0.4) is 0 Å². The van der Waals surface area contributed by atoms with Crippen LogP contribution in [0.1, 0.15) is 23.2 Å². The maximum absolute atomic E-state index is 13.6. The van der Waals surface area contributed by atoms with Gasteiger partial charge in [0.1, 0.15) is 5.82 Å². The lowest BCUT2D eigenvalue weighted by molar-refractivity contribution is 0.0930. The second kappa shape index (κ2) is 7.75. The monoisotopic (exact) mass is 351 g/mol. The van der Waals surface area contributed by atoms with Gasteiger partial charge in [-0.1, -0.05) is 0 Å². The minimum Gasteiger partial charge on any atom is -0.348 e. The fourth-order valence-electron chi connectivity index (χ4n) is 2.19. The molecular formula is C13H19ClFN3O3S. The van der Waals surface area contributed by atoms with Gasteiger partial charge >= 0.3 is 0 Å². The van der Waals surface area contributed by atoms with Gasteiger partial charge in [0.15, 0.2) is 0 Å². The van der Waals surface area contributed by atoms with E-state index in [2.05, 4.69) is 15.4 Å². The Balaban J connectivity index is 0.00000242. The van der Waals surface area contributed by atoms with Crippen molar-refractivity contribution in [1.82, 2.24) is 10.6 Å². The lowest BCUT2D eigenvalue weighted by Crippen LogP contribution is -2.45. The van der Waals surface area contributed by atoms with Gasteiger partial charge < -0.3 is 10.6 Å². The molecule has 124 valence electrons.